The number of benzene rings is 1. The Morgan fingerprint density at radius 2 is 1.89 bits per heavy atom. The van der Waals surface area contributed by atoms with Gasteiger partial charge in [0.1, 0.15) is 0 Å². The van der Waals surface area contributed by atoms with Gasteiger partial charge < -0.3 is 5.32 Å². The van der Waals surface area contributed by atoms with E-state index in [1.807, 2.05) is 37.0 Å². The minimum absolute atomic E-state index is 0.0851. The van der Waals surface area contributed by atoms with Crippen LogP contribution in [0.5, 0.6) is 0 Å². The van der Waals surface area contributed by atoms with Crippen molar-refractivity contribution in [2.75, 3.05) is 7.05 Å². The lowest BCUT2D eigenvalue weighted by Crippen LogP contribution is -2.38. The van der Waals surface area contributed by atoms with Crippen molar-refractivity contribution in [1.82, 2.24) is 15.1 Å². The maximum atomic E-state index is 4.59. The Kier molecular flexibility index (Phi) is 3.53. The molecule has 0 amide bonds. The third-order valence-corrected chi connectivity index (χ3v) is 3.35. The van der Waals surface area contributed by atoms with Gasteiger partial charge in [0.15, 0.2) is 0 Å². The van der Waals surface area contributed by atoms with Crippen LogP contribution in [0.1, 0.15) is 19.5 Å². The molecule has 0 spiro atoms. The van der Waals surface area contributed by atoms with E-state index in [9.17, 15) is 0 Å². The molecule has 96 valence electrons. The number of hydrogen-bond acceptors (Lipinski definition) is 2. The summed E-state index contributed by atoms with van der Waals surface area (Å²) in [4.78, 5) is 0. The lowest BCUT2D eigenvalue weighted by molar-refractivity contribution is 0.410. The molecule has 2 rings (SSSR count). The van der Waals surface area contributed by atoms with Gasteiger partial charge in [-0.15, -0.1) is 0 Å². The first-order chi connectivity index (χ1) is 8.52. The largest absolute Gasteiger partial charge is 0.314 e. The summed E-state index contributed by atoms with van der Waals surface area (Å²) in [5.74, 6) is 0. The molecule has 1 heterocycles. The van der Waals surface area contributed by atoms with E-state index < -0.39 is 0 Å². The first-order valence-corrected chi connectivity index (χ1v) is 6.29. The van der Waals surface area contributed by atoms with Crippen molar-refractivity contribution in [2.45, 2.75) is 25.8 Å². The average Bonchev–Trinajstić information content (AvgIpc) is 2.72. The smallest absolute Gasteiger partial charge is 0.0925 e. The Morgan fingerprint density at radius 1 is 1.22 bits per heavy atom. The van der Waals surface area contributed by atoms with Crippen molar-refractivity contribution < 1.29 is 0 Å². The van der Waals surface area contributed by atoms with E-state index in [0.29, 0.717) is 0 Å². The standard InChI is InChI=1S/C15H21N3/c1-15(2,16-3)11-13-10-14(17-18(13)4)12-8-6-5-7-9-12/h5-10,16H,11H2,1-4H3. The molecule has 0 radical (unpaired) electrons. The second kappa shape index (κ2) is 4.94. The third-order valence-electron chi connectivity index (χ3n) is 3.35. The fourth-order valence-corrected chi connectivity index (χ4v) is 1.96. The van der Waals surface area contributed by atoms with E-state index in [0.717, 1.165) is 12.1 Å². The Bertz CT molecular complexity index is 512. The fraction of sp³-hybridized carbons (Fsp3) is 0.400. The summed E-state index contributed by atoms with van der Waals surface area (Å²) >= 11 is 0. The minimum atomic E-state index is 0.0851. The molecule has 1 aromatic carbocycles. The lowest BCUT2D eigenvalue weighted by atomic mass is 9.98. The number of aryl methyl sites for hydroxylation is 1. The summed E-state index contributed by atoms with van der Waals surface area (Å²) in [6, 6.07) is 12.5. The van der Waals surface area contributed by atoms with Gasteiger partial charge >= 0.3 is 0 Å². The molecule has 0 saturated heterocycles. The van der Waals surface area contributed by atoms with Crippen LogP contribution in [0.3, 0.4) is 0 Å². The molecule has 3 nitrogen and oxygen atoms in total. The molecule has 0 atom stereocenters. The normalized spacial score (nSPS) is 11.8. The Morgan fingerprint density at radius 3 is 2.50 bits per heavy atom. The zero-order chi connectivity index (χ0) is 13.2. The Hall–Kier alpha value is -1.61. The van der Waals surface area contributed by atoms with E-state index in [1.165, 1.54) is 11.3 Å². The van der Waals surface area contributed by atoms with Crippen LogP contribution in [0.15, 0.2) is 36.4 Å². The monoisotopic (exact) mass is 243 g/mol. The van der Waals surface area contributed by atoms with Gasteiger partial charge in [0.25, 0.3) is 0 Å². The van der Waals surface area contributed by atoms with Crippen LogP contribution in [0.25, 0.3) is 11.3 Å². The van der Waals surface area contributed by atoms with Crippen molar-refractivity contribution in [3.8, 4) is 11.3 Å². The molecule has 0 aliphatic heterocycles. The molecule has 2 aromatic rings. The van der Waals surface area contributed by atoms with Crippen molar-refractivity contribution in [1.29, 1.82) is 0 Å². The Balaban J connectivity index is 2.28. The number of likely N-dealkylation sites (N-methyl/N-ethyl adjacent to an activating group) is 1. The highest BCUT2D eigenvalue weighted by Crippen LogP contribution is 2.20. The van der Waals surface area contributed by atoms with Gasteiger partial charge in [-0.2, -0.15) is 5.10 Å². The van der Waals surface area contributed by atoms with E-state index >= 15 is 0 Å². The molecule has 3 heteroatoms. The van der Waals surface area contributed by atoms with Crippen LogP contribution in [-0.2, 0) is 13.5 Å². The maximum absolute atomic E-state index is 4.59. The van der Waals surface area contributed by atoms with Gasteiger partial charge in [0, 0.05) is 30.3 Å². The topological polar surface area (TPSA) is 29.9 Å². The van der Waals surface area contributed by atoms with Crippen LogP contribution in [-0.4, -0.2) is 22.4 Å². The van der Waals surface area contributed by atoms with E-state index in [4.69, 9.17) is 0 Å². The number of rotatable bonds is 4. The third kappa shape index (κ3) is 2.79. The van der Waals surface area contributed by atoms with Gasteiger partial charge in [-0.25, -0.2) is 0 Å². The highest BCUT2D eigenvalue weighted by molar-refractivity contribution is 5.59. The molecule has 18 heavy (non-hydrogen) atoms. The number of aromatic nitrogens is 2. The molecule has 0 aliphatic carbocycles. The van der Waals surface area contributed by atoms with Crippen LogP contribution < -0.4 is 5.32 Å². The van der Waals surface area contributed by atoms with Crippen molar-refractivity contribution in [3.05, 3.63) is 42.1 Å². The van der Waals surface area contributed by atoms with Gasteiger partial charge in [0.2, 0.25) is 0 Å². The minimum Gasteiger partial charge on any atom is -0.314 e. The molecule has 0 unspecified atom stereocenters. The number of nitrogens with zero attached hydrogens (tertiary/aromatic N) is 2. The predicted octanol–water partition coefficient (Wildman–Crippen LogP) is 2.63. The fourth-order valence-electron chi connectivity index (χ4n) is 1.96. The zero-order valence-electron chi connectivity index (χ0n) is 11.6. The van der Waals surface area contributed by atoms with Gasteiger partial charge in [0.05, 0.1) is 5.69 Å². The first kappa shape index (κ1) is 12.8. The lowest BCUT2D eigenvalue weighted by Gasteiger charge is -2.23. The summed E-state index contributed by atoms with van der Waals surface area (Å²) in [5, 5.41) is 7.91. The molecule has 1 aromatic heterocycles. The molecule has 0 saturated carbocycles. The quantitative estimate of drug-likeness (QED) is 0.894. The van der Waals surface area contributed by atoms with Crippen LogP contribution in [0.2, 0.25) is 0 Å². The Labute approximate surface area is 109 Å². The van der Waals surface area contributed by atoms with Crippen molar-refractivity contribution in [2.24, 2.45) is 7.05 Å². The number of hydrogen-bond donors (Lipinski definition) is 1. The summed E-state index contributed by atoms with van der Waals surface area (Å²) in [6.07, 6.45) is 0.958. The second-order valence-electron chi connectivity index (χ2n) is 5.32. The van der Waals surface area contributed by atoms with Gasteiger partial charge in [-0.05, 0) is 27.0 Å². The van der Waals surface area contributed by atoms with E-state index in [2.05, 4.69) is 42.5 Å². The highest BCUT2D eigenvalue weighted by Gasteiger charge is 2.18. The summed E-state index contributed by atoms with van der Waals surface area (Å²) in [5.41, 5.74) is 3.54. The zero-order valence-corrected chi connectivity index (χ0v) is 11.6. The summed E-state index contributed by atoms with van der Waals surface area (Å²) < 4.78 is 1.97. The first-order valence-electron chi connectivity index (χ1n) is 6.29. The summed E-state index contributed by atoms with van der Waals surface area (Å²) in [7, 11) is 4.00. The predicted molar refractivity (Wildman–Crippen MR) is 75.5 cm³/mol. The SMILES string of the molecule is CNC(C)(C)Cc1cc(-c2ccccc2)nn1C. The molecule has 0 aliphatic rings. The van der Waals surface area contributed by atoms with Gasteiger partial charge in [-0.3, -0.25) is 4.68 Å². The van der Waals surface area contributed by atoms with Crippen molar-refractivity contribution >= 4 is 0 Å². The molecular formula is C15H21N3. The summed E-state index contributed by atoms with van der Waals surface area (Å²) in [6.45, 7) is 4.39. The maximum Gasteiger partial charge on any atom is 0.0925 e. The molecule has 1 N–H and O–H groups in total. The van der Waals surface area contributed by atoms with Crippen molar-refractivity contribution in [3.63, 3.8) is 0 Å². The molecule has 0 fully saturated rings. The van der Waals surface area contributed by atoms with Gasteiger partial charge in [-0.1, -0.05) is 30.3 Å². The molecule has 0 bridgehead atoms. The molecular weight excluding hydrogens is 222 g/mol. The highest BCUT2D eigenvalue weighted by atomic mass is 15.3. The van der Waals surface area contributed by atoms with Crippen LogP contribution in [0, 0.1) is 0 Å². The van der Waals surface area contributed by atoms with Crippen LogP contribution in [0.4, 0.5) is 0 Å². The van der Waals surface area contributed by atoms with E-state index in [1.54, 1.807) is 0 Å². The van der Waals surface area contributed by atoms with Crippen LogP contribution >= 0.6 is 0 Å². The van der Waals surface area contributed by atoms with E-state index in [-0.39, 0.29) is 5.54 Å². The second-order valence-corrected chi connectivity index (χ2v) is 5.32. The number of nitrogens with one attached hydrogen (secondary N) is 1. The average molecular weight is 243 g/mol.